The van der Waals surface area contributed by atoms with Gasteiger partial charge in [0.05, 0.1) is 6.61 Å². The number of fused-ring (bicyclic) bond motifs is 2. The molecule has 0 heterocycles. The van der Waals surface area contributed by atoms with Gasteiger partial charge in [0.15, 0.2) is 5.78 Å². The molecule has 2 aromatic rings. The van der Waals surface area contributed by atoms with Crippen LogP contribution in [-0.2, 0) is 19.4 Å². The first-order valence-electron chi connectivity index (χ1n) is 6.26. The van der Waals surface area contributed by atoms with Crippen molar-refractivity contribution in [2.24, 2.45) is 0 Å². The summed E-state index contributed by atoms with van der Waals surface area (Å²) in [7, 11) is 0. The summed E-state index contributed by atoms with van der Waals surface area (Å²) >= 11 is 2.22. The number of aliphatic hydroxyl groups excluding tert-OH is 1. The van der Waals surface area contributed by atoms with Gasteiger partial charge in [-0.3, -0.25) is 4.79 Å². The molecule has 0 spiro atoms. The molecule has 0 aliphatic heterocycles. The van der Waals surface area contributed by atoms with Crippen LogP contribution in [0.15, 0.2) is 36.4 Å². The number of aryl methyl sites for hydroxylation is 1. The molecule has 0 bridgehead atoms. The predicted octanol–water partition coefficient (Wildman–Crippen LogP) is 3.11. The van der Waals surface area contributed by atoms with Crippen molar-refractivity contribution >= 4 is 28.4 Å². The lowest BCUT2D eigenvalue weighted by Crippen LogP contribution is -2.07. The van der Waals surface area contributed by atoms with E-state index < -0.39 is 0 Å². The van der Waals surface area contributed by atoms with E-state index in [4.69, 9.17) is 0 Å². The third-order valence-electron chi connectivity index (χ3n) is 3.66. The van der Waals surface area contributed by atoms with Crippen molar-refractivity contribution in [1.29, 1.82) is 0 Å². The lowest BCUT2D eigenvalue weighted by molar-refractivity contribution is 0.103. The zero-order chi connectivity index (χ0) is 13.4. The van der Waals surface area contributed by atoms with E-state index in [1.54, 1.807) is 0 Å². The van der Waals surface area contributed by atoms with Gasteiger partial charge in [0.2, 0.25) is 0 Å². The van der Waals surface area contributed by atoms with Crippen molar-refractivity contribution in [2.75, 3.05) is 0 Å². The number of aliphatic hydroxyl groups is 1. The molecule has 1 aliphatic carbocycles. The van der Waals surface area contributed by atoms with Gasteiger partial charge in [-0.15, -0.1) is 0 Å². The molecule has 0 atom stereocenters. The highest BCUT2D eigenvalue weighted by Gasteiger charge is 2.24. The first-order chi connectivity index (χ1) is 9.22. The van der Waals surface area contributed by atoms with Gasteiger partial charge >= 0.3 is 0 Å². The molecule has 1 aliphatic rings. The van der Waals surface area contributed by atoms with Crippen LogP contribution in [0.3, 0.4) is 0 Å². The van der Waals surface area contributed by atoms with Gasteiger partial charge in [-0.05, 0) is 58.2 Å². The van der Waals surface area contributed by atoms with Crippen LogP contribution in [0.5, 0.6) is 0 Å². The third kappa shape index (κ3) is 2.11. The van der Waals surface area contributed by atoms with E-state index in [0.29, 0.717) is 0 Å². The van der Waals surface area contributed by atoms with E-state index in [1.165, 1.54) is 0 Å². The number of ketones is 1. The number of carbonyl (C=O) groups excluding carboxylic acids is 1. The predicted molar refractivity (Wildman–Crippen MR) is 82.4 cm³/mol. The van der Waals surface area contributed by atoms with Crippen molar-refractivity contribution in [3.63, 3.8) is 0 Å². The molecule has 0 saturated heterocycles. The molecule has 0 radical (unpaired) electrons. The van der Waals surface area contributed by atoms with Crippen LogP contribution in [0.1, 0.15) is 32.6 Å². The van der Waals surface area contributed by atoms with E-state index in [-0.39, 0.29) is 12.4 Å². The molecule has 0 fully saturated rings. The topological polar surface area (TPSA) is 37.3 Å². The van der Waals surface area contributed by atoms with Gasteiger partial charge < -0.3 is 5.11 Å². The van der Waals surface area contributed by atoms with Gasteiger partial charge in [0.1, 0.15) is 0 Å². The van der Waals surface area contributed by atoms with Crippen molar-refractivity contribution < 1.29 is 9.90 Å². The fourth-order valence-corrected chi connectivity index (χ4v) is 3.52. The molecule has 19 heavy (non-hydrogen) atoms. The Kier molecular flexibility index (Phi) is 3.41. The molecule has 0 amide bonds. The molecule has 1 N–H and O–H groups in total. The molecule has 0 saturated carbocycles. The van der Waals surface area contributed by atoms with Crippen LogP contribution in [0, 0.1) is 3.57 Å². The summed E-state index contributed by atoms with van der Waals surface area (Å²) < 4.78 is 1.00. The largest absolute Gasteiger partial charge is 0.392 e. The maximum Gasteiger partial charge on any atom is 0.194 e. The average molecular weight is 364 g/mol. The number of hydrogen-bond donors (Lipinski definition) is 1. The maximum absolute atomic E-state index is 12.7. The smallest absolute Gasteiger partial charge is 0.194 e. The normalized spacial score (nSPS) is 13.7. The Bertz CT molecular complexity index is 662. The van der Waals surface area contributed by atoms with Crippen molar-refractivity contribution in [3.8, 4) is 0 Å². The Morgan fingerprint density at radius 1 is 1.11 bits per heavy atom. The zero-order valence-electron chi connectivity index (χ0n) is 10.3. The monoisotopic (exact) mass is 364 g/mol. The minimum Gasteiger partial charge on any atom is -0.392 e. The van der Waals surface area contributed by atoms with Crippen LogP contribution < -0.4 is 0 Å². The maximum atomic E-state index is 12.7. The van der Waals surface area contributed by atoms with Crippen molar-refractivity contribution in [2.45, 2.75) is 19.4 Å². The minimum atomic E-state index is -0.0100. The second-order valence-corrected chi connectivity index (χ2v) is 5.87. The summed E-state index contributed by atoms with van der Waals surface area (Å²) in [6, 6.07) is 11.6. The summed E-state index contributed by atoms with van der Waals surface area (Å²) in [6.07, 6.45) is 1.66. The standard InChI is InChI=1S/C16H13IO2/c17-14-6-2-3-10-7-8-12-11(9-18)4-1-5-13(12)16(19)15(10)14/h1-6,18H,7-9H2. The van der Waals surface area contributed by atoms with Gasteiger partial charge in [-0.1, -0.05) is 30.3 Å². The van der Waals surface area contributed by atoms with Gasteiger partial charge in [-0.25, -0.2) is 0 Å². The highest BCUT2D eigenvalue weighted by Crippen LogP contribution is 2.29. The van der Waals surface area contributed by atoms with Gasteiger partial charge in [0, 0.05) is 14.7 Å². The minimum absolute atomic E-state index is 0.0100. The highest BCUT2D eigenvalue weighted by atomic mass is 127. The van der Waals surface area contributed by atoms with E-state index in [0.717, 1.165) is 44.2 Å². The number of carbonyl (C=O) groups is 1. The van der Waals surface area contributed by atoms with Crippen LogP contribution >= 0.6 is 22.6 Å². The van der Waals surface area contributed by atoms with E-state index in [9.17, 15) is 9.90 Å². The van der Waals surface area contributed by atoms with E-state index >= 15 is 0 Å². The Balaban J connectivity index is 2.24. The highest BCUT2D eigenvalue weighted by molar-refractivity contribution is 14.1. The summed E-state index contributed by atoms with van der Waals surface area (Å²) in [4.78, 5) is 12.7. The fraction of sp³-hybridized carbons (Fsp3) is 0.188. The Morgan fingerprint density at radius 3 is 2.68 bits per heavy atom. The van der Waals surface area contributed by atoms with Crippen molar-refractivity contribution in [1.82, 2.24) is 0 Å². The Hall–Kier alpha value is -1.20. The summed E-state index contributed by atoms with van der Waals surface area (Å²) in [5.74, 6) is 0.0859. The Labute approximate surface area is 125 Å². The first kappa shape index (κ1) is 12.8. The average Bonchev–Trinajstić information content (AvgIpc) is 2.57. The third-order valence-corrected chi connectivity index (χ3v) is 4.56. The van der Waals surface area contributed by atoms with Crippen LogP contribution in [0.4, 0.5) is 0 Å². The van der Waals surface area contributed by atoms with Crippen LogP contribution in [-0.4, -0.2) is 10.9 Å². The molecular weight excluding hydrogens is 351 g/mol. The quantitative estimate of drug-likeness (QED) is 0.790. The second kappa shape index (κ2) is 5.06. The summed E-state index contributed by atoms with van der Waals surface area (Å²) in [5, 5.41) is 9.43. The zero-order valence-corrected chi connectivity index (χ0v) is 12.5. The molecule has 2 aromatic carbocycles. The number of benzene rings is 2. The van der Waals surface area contributed by atoms with E-state index in [2.05, 4.69) is 22.6 Å². The molecule has 96 valence electrons. The molecule has 0 unspecified atom stereocenters. The van der Waals surface area contributed by atoms with Gasteiger partial charge in [-0.2, -0.15) is 0 Å². The Morgan fingerprint density at radius 2 is 1.89 bits per heavy atom. The first-order valence-corrected chi connectivity index (χ1v) is 7.34. The number of rotatable bonds is 1. The lowest BCUT2D eigenvalue weighted by atomic mass is 9.96. The number of halogens is 1. The fourth-order valence-electron chi connectivity index (χ4n) is 2.72. The lowest BCUT2D eigenvalue weighted by Gasteiger charge is -2.09. The molecule has 2 nitrogen and oxygen atoms in total. The molecular formula is C16H13IO2. The van der Waals surface area contributed by atoms with E-state index in [1.807, 2.05) is 36.4 Å². The molecule has 0 aromatic heterocycles. The van der Waals surface area contributed by atoms with Crippen molar-refractivity contribution in [3.05, 3.63) is 67.8 Å². The summed E-state index contributed by atoms with van der Waals surface area (Å²) in [6.45, 7) is -0.0100. The molecule has 3 rings (SSSR count). The van der Waals surface area contributed by atoms with Crippen LogP contribution in [0.25, 0.3) is 0 Å². The van der Waals surface area contributed by atoms with Crippen LogP contribution in [0.2, 0.25) is 0 Å². The molecule has 3 heteroatoms. The second-order valence-electron chi connectivity index (χ2n) is 4.70. The summed E-state index contributed by atoms with van der Waals surface area (Å²) in [5.41, 5.74) is 4.55. The number of hydrogen-bond acceptors (Lipinski definition) is 2. The van der Waals surface area contributed by atoms with Gasteiger partial charge in [0.25, 0.3) is 0 Å². The SMILES string of the molecule is O=C1c2cccc(CO)c2CCc2cccc(I)c21.